The first-order chi connectivity index (χ1) is 13.8. The van der Waals surface area contributed by atoms with Crippen LogP contribution in [-0.2, 0) is 28.7 Å². The maximum absolute atomic E-state index is 12.6. The van der Waals surface area contributed by atoms with Gasteiger partial charge in [0.1, 0.15) is 0 Å². The van der Waals surface area contributed by atoms with Crippen LogP contribution in [0.3, 0.4) is 0 Å². The van der Waals surface area contributed by atoms with Gasteiger partial charge in [0.2, 0.25) is 0 Å². The lowest BCUT2D eigenvalue weighted by molar-refractivity contribution is 0.0950. The zero-order valence-electron chi connectivity index (χ0n) is 17.2. The van der Waals surface area contributed by atoms with Gasteiger partial charge in [0.05, 0.1) is 5.75 Å². The monoisotopic (exact) mass is 414 g/mol. The fourth-order valence-corrected chi connectivity index (χ4v) is 4.66. The van der Waals surface area contributed by atoms with Gasteiger partial charge in [-0.3, -0.25) is 9.69 Å². The largest absolute Gasteiger partial charge is 0.348 e. The van der Waals surface area contributed by atoms with E-state index in [9.17, 15) is 13.2 Å². The lowest BCUT2D eigenvalue weighted by Gasteiger charge is -2.33. The van der Waals surface area contributed by atoms with Crippen LogP contribution in [0.15, 0.2) is 48.5 Å². The molecule has 0 saturated carbocycles. The van der Waals surface area contributed by atoms with Crippen molar-refractivity contribution < 1.29 is 13.2 Å². The molecule has 5 nitrogen and oxygen atoms in total. The van der Waals surface area contributed by atoms with Crippen LogP contribution in [0.25, 0.3) is 0 Å². The highest BCUT2D eigenvalue weighted by atomic mass is 32.2. The number of rotatable bonds is 7. The fourth-order valence-electron chi connectivity index (χ4n) is 3.88. The molecule has 29 heavy (non-hydrogen) atoms. The maximum atomic E-state index is 12.6. The molecule has 0 radical (unpaired) electrons. The van der Waals surface area contributed by atoms with Crippen LogP contribution in [0, 0.1) is 0 Å². The molecule has 6 heteroatoms. The molecule has 1 aliphatic heterocycles. The van der Waals surface area contributed by atoms with Crippen molar-refractivity contribution in [3.05, 3.63) is 70.8 Å². The Morgan fingerprint density at radius 2 is 1.86 bits per heavy atom. The first kappa shape index (κ1) is 21.5. The summed E-state index contributed by atoms with van der Waals surface area (Å²) >= 11 is 0. The van der Waals surface area contributed by atoms with Gasteiger partial charge in [-0.15, -0.1) is 0 Å². The van der Waals surface area contributed by atoms with E-state index in [-0.39, 0.29) is 11.7 Å². The predicted octanol–water partition coefficient (Wildman–Crippen LogP) is 3.54. The number of carbonyl (C=O) groups excluding carboxylic acids is 1. The van der Waals surface area contributed by atoms with Crippen molar-refractivity contribution in [2.75, 3.05) is 12.8 Å². The van der Waals surface area contributed by atoms with Crippen molar-refractivity contribution in [1.29, 1.82) is 0 Å². The second kappa shape index (κ2) is 9.55. The zero-order valence-corrected chi connectivity index (χ0v) is 18.0. The molecule has 1 N–H and O–H groups in total. The van der Waals surface area contributed by atoms with Crippen LogP contribution in [0.2, 0.25) is 0 Å². The van der Waals surface area contributed by atoms with E-state index >= 15 is 0 Å². The van der Waals surface area contributed by atoms with E-state index in [1.54, 1.807) is 24.3 Å². The summed E-state index contributed by atoms with van der Waals surface area (Å²) in [5.41, 5.74) is 3.46. The molecule has 2 aromatic rings. The SMILES string of the molecule is CC1CCCCN1Cc1ccccc1CNC(=O)c1cccc(CS(C)(=O)=O)c1. The summed E-state index contributed by atoms with van der Waals surface area (Å²) in [4.78, 5) is 15.1. The number of likely N-dealkylation sites (tertiary alicyclic amines) is 1. The lowest BCUT2D eigenvalue weighted by atomic mass is 10.0. The molecule has 0 aliphatic carbocycles. The lowest BCUT2D eigenvalue weighted by Crippen LogP contribution is -2.37. The molecule has 1 fully saturated rings. The zero-order chi connectivity index (χ0) is 20.9. The van der Waals surface area contributed by atoms with Crippen LogP contribution in [0.4, 0.5) is 0 Å². The van der Waals surface area contributed by atoms with E-state index in [1.165, 1.54) is 31.1 Å². The van der Waals surface area contributed by atoms with Gasteiger partial charge in [0, 0.05) is 31.0 Å². The van der Waals surface area contributed by atoms with Crippen molar-refractivity contribution >= 4 is 15.7 Å². The summed E-state index contributed by atoms with van der Waals surface area (Å²) in [7, 11) is -3.14. The Balaban J connectivity index is 1.66. The highest BCUT2D eigenvalue weighted by molar-refractivity contribution is 7.89. The number of nitrogens with one attached hydrogen (secondary N) is 1. The second-order valence-corrected chi connectivity index (χ2v) is 10.2. The van der Waals surface area contributed by atoms with Crippen molar-refractivity contribution in [3.8, 4) is 0 Å². The Hall–Kier alpha value is -2.18. The molecule has 2 aromatic carbocycles. The highest BCUT2D eigenvalue weighted by Crippen LogP contribution is 2.21. The third-order valence-electron chi connectivity index (χ3n) is 5.49. The molecule has 1 saturated heterocycles. The molecule has 0 bridgehead atoms. The number of hydrogen-bond donors (Lipinski definition) is 1. The fraction of sp³-hybridized carbons (Fsp3) is 0.435. The quantitative estimate of drug-likeness (QED) is 0.753. The molecule has 3 rings (SSSR count). The Morgan fingerprint density at radius 3 is 2.59 bits per heavy atom. The minimum absolute atomic E-state index is 0.0645. The highest BCUT2D eigenvalue weighted by Gasteiger charge is 2.19. The van der Waals surface area contributed by atoms with E-state index in [0.29, 0.717) is 23.7 Å². The third kappa shape index (κ3) is 6.41. The topological polar surface area (TPSA) is 66.5 Å². The Morgan fingerprint density at radius 1 is 1.10 bits per heavy atom. The smallest absolute Gasteiger partial charge is 0.251 e. The number of benzene rings is 2. The molecular formula is C23H30N2O3S. The Bertz CT molecular complexity index is 956. The number of sulfone groups is 1. The first-order valence-corrected chi connectivity index (χ1v) is 12.2. The summed E-state index contributed by atoms with van der Waals surface area (Å²) < 4.78 is 23.0. The summed E-state index contributed by atoms with van der Waals surface area (Å²) in [5.74, 6) is -0.258. The molecular weight excluding hydrogens is 384 g/mol. The van der Waals surface area contributed by atoms with Gasteiger partial charge in [-0.25, -0.2) is 8.42 Å². The summed E-state index contributed by atoms with van der Waals surface area (Å²) in [5, 5.41) is 2.99. The van der Waals surface area contributed by atoms with Crippen molar-refractivity contribution in [3.63, 3.8) is 0 Å². The maximum Gasteiger partial charge on any atom is 0.251 e. The average Bonchev–Trinajstić information content (AvgIpc) is 2.68. The van der Waals surface area contributed by atoms with Crippen LogP contribution in [-0.4, -0.2) is 38.1 Å². The number of hydrogen-bond acceptors (Lipinski definition) is 4. The number of nitrogens with zero attached hydrogens (tertiary/aromatic N) is 1. The van der Waals surface area contributed by atoms with E-state index in [4.69, 9.17) is 0 Å². The Kier molecular flexibility index (Phi) is 7.09. The summed E-state index contributed by atoms with van der Waals surface area (Å²) in [6, 6.07) is 15.6. The van der Waals surface area contributed by atoms with Gasteiger partial charge >= 0.3 is 0 Å². The summed E-state index contributed by atoms with van der Waals surface area (Å²) in [6.07, 6.45) is 4.98. The van der Waals surface area contributed by atoms with Crippen LogP contribution < -0.4 is 5.32 Å². The molecule has 1 heterocycles. The molecule has 1 amide bonds. The van der Waals surface area contributed by atoms with E-state index in [0.717, 1.165) is 18.7 Å². The summed E-state index contributed by atoms with van der Waals surface area (Å²) in [6.45, 7) is 4.76. The van der Waals surface area contributed by atoms with E-state index in [2.05, 4.69) is 29.3 Å². The van der Waals surface area contributed by atoms with Crippen LogP contribution in [0.1, 0.15) is 53.2 Å². The van der Waals surface area contributed by atoms with E-state index in [1.807, 2.05) is 12.1 Å². The van der Waals surface area contributed by atoms with Gasteiger partial charge in [0.25, 0.3) is 5.91 Å². The third-order valence-corrected chi connectivity index (χ3v) is 6.35. The molecule has 156 valence electrons. The number of piperidine rings is 1. The van der Waals surface area contributed by atoms with Gasteiger partial charge in [0.15, 0.2) is 9.84 Å². The minimum atomic E-state index is -3.14. The van der Waals surface area contributed by atoms with E-state index < -0.39 is 9.84 Å². The Labute approximate surface area is 174 Å². The van der Waals surface area contributed by atoms with Gasteiger partial charge < -0.3 is 5.32 Å². The molecule has 0 spiro atoms. The first-order valence-electron chi connectivity index (χ1n) is 10.2. The number of amides is 1. The van der Waals surface area contributed by atoms with Crippen molar-refractivity contribution in [2.45, 2.75) is 51.1 Å². The van der Waals surface area contributed by atoms with Crippen LogP contribution in [0.5, 0.6) is 0 Å². The minimum Gasteiger partial charge on any atom is -0.348 e. The van der Waals surface area contributed by atoms with Crippen LogP contribution >= 0.6 is 0 Å². The van der Waals surface area contributed by atoms with Gasteiger partial charge in [-0.1, -0.05) is 42.8 Å². The second-order valence-electron chi connectivity index (χ2n) is 8.04. The van der Waals surface area contributed by atoms with Crippen molar-refractivity contribution in [1.82, 2.24) is 10.2 Å². The standard InChI is InChI=1S/C23H30N2O3S/c1-18-8-5-6-13-25(18)16-22-11-4-3-10-21(22)15-24-23(26)20-12-7-9-19(14-20)17-29(2,27)28/h3-4,7,9-12,14,18H,5-6,8,13,15-17H2,1-2H3,(H,24,26). The molecule has 1 aliphatic rings. The normalized spacial score (nSPS) is 17.8. The predicted molar refractivity (Wildman–Crippen MR) is 116 cm³/mol. The van der Waals surface area contributed by atoms with Gasteiger partial charge in [-0.2, -0.15) is 0 Å². The molecule has 1 unspecified atom stereocenters. The molecule has 1 atom stereocenters. The molecule has 0 aromatic heterocycles. The number of carbonyl (C=O) groups is 1. The average molecular weight is 415 g/mol. The van der Waals surface area contributed by atoms with Gasteiger partial charge in [-0.05, 0) is 55.1 Å². The van der Waals surface area contributed by atoms with Crippen molar-refractivity contribution in [2.24, 2.45) is 0 Å².